The third-order valence-corrected chi connectivity index (χ3v) is 16.5. The van der Waals surface area contributed by atoms with Gasteiger partial charge in [0.2, 0.25) is 0 Å². The van der Waals surface area contributed by atoms with Crippen molar-refractivity contribution in [2.45, 2.75) is 13.1 Å². The molecule has 1 heteroatoms. The van der Waals surface area contributed by atoms with Crippen LogP contribution in [0, 0.1) is 0 Å². The Morgan fingerprint density at radius 3 is 1.11 bits per heavy atom. The molecule has 0 atom stereocenters. The standard InChI is InChI=1S/C56H38Si/c1-57(2)51-30-29-40(33-49(51)50-32-37-17-5-6-18-38(37)34-52(50)57)54-43-21-9-13-25-47(43)56(48-26-14-10-22-44(48)54)55-45-23-11-7-19-41(45)53(42-20-8-12-24-46(42)55)39-28-27-35-15-3-4-16-36(35)31-39/h3-34H,1-2H3. The van der Waals surface area contributed by atoms with Gasteiger partial charge in [-0.2, -0.15) is 0 Å². The summed E-state index contributed by atoms with van der Waals surface area (Å²) in [6, 6.07) is 73.2. The van der Waals surface area contributed by atoms with Gasteiger partial charge >= 0.3 is 0 Å². The predicted molar refractivity (Wildman–Crippen MR) is 250 cm³/mol. The first-order valence-electron chi connectivity index (χ1n) is 20.1. The molecule has 0 aliphatic carbocycles. The average Bonchev–Trinajstić information content (AvgIpc) is 3.48. The van der Waals surface area contributed by atoms with Gasteiger partial charge in [0.25, 0.3) is 0 Å². The first-order valence-corrected chi connectivity index (χ1v) is 23.1. The van der Waals surface area contributed by atoms with Crippen molar-refractivity contribution < 1.29 is 0 Å². The number of hydrogen-bond donors (Lipinski definition) is 0. The Kier molecular flexibility index (Phi) is 6.88. The molecule has 0 amide bonds. The fourth-order valence-electron chi connectivity index (χ4n) is 10.4. The van der Waals surface area contributed by atoms with Crippen molar-refractivity contribution in [1.82, 2.24) is 0 Å². The lowest BCUT2D eigenvalue weighted by Crippen LogP contribution is -2.49. The highest BCUT2D eigenvalue weighted by Crippen LogP contribution is 2.50. The Morgan fingerprint density at radius 1 is 0.263 bits per heavy atom. The number of rotatable bonds is 3. The second kappa shape index (κ2) is 12.1. The van der Waals surface area contributed by atoms with E-state index in [0.717, 1.165) is 0 Å². The summed E-state index contributed by atoms with van der Waals surface area (Å²) >= 11 is 0. The Morgan fingerprint density at radius 2 is 0.614 bits per heavy atom. The summed E-state index contributed by atoms with van der Waals surface area (Å²) in [4.78, 5) is 0. The number of benzene rings is 11. The molecule has 0 fully saturated rings. The highest BCUT2D eigenvalue weighted by atomic mass is 28.3. The van der Waals surface area contributed by atoms with Crippen LogP contribution in [0.3, 0.4) is 0 Å². The van der Waals surface area contributed by atoms with Crippen molar-refractivity contribution >= 4 is 83.1 Å². The third-order valence-electron chi connectivity index (χ3n) is 13.0. The van der Waals surface area contributed by atoms with Crippen LogP contribution in [-0.4, -0.2) is 8.07 Å². The monoisotopic (exact) mass is 738 g/mol. The molecular formula is C56H38Si. The largest absolute Gasteiger partial charge is 0.113 e. The molecular weight excluding hydrogens is 701 g/mol. The van der Waals surface area contributed by atoms with Crippen LogP contribution in [0.25, 0.3) is 109 Å². The summed E-state index contributed by atoms with van der Waals surface area (Å²) in [6.45, 7) is 5.04. The Labute approximate surface area is 333 Å². The van der Waals surface area contributed by atoms with Gasteiger partial charge in [0, 0.05) is 0 Å². The molecule has 0 spiro atoms. The summed E-state index contributed by atoms with van der Waals surface area (Å²) in [5.41, 5.74) is 10.5. The maximum absolute atomic E-state index is 2.52. The lowest BCUT2D eigenvalue weighted by atomic mass is 9.81. The van der Waals surface area contributed by atoms with Crippen LogP contribution in [-0.2, 0) is 0 Å². The van der Waals surface area contributed by atoms with Crippen molar-refractivity contribution in [3.05, 3.63) is 194 Å². The lowest BCUT2D eigenvalue weighted by molar-refractivity contribution is 1.67. The van der Waals surface area contributed by atoms with Crippen LogP contribution < -0.4 is 10.4 Å². The zero-order valence-electron chi connectivity index (χ0n) is 32.0. The van der Waals surface area contributed by atoms with E-state index in [1.54, 1.807) is 5.19 Å². The predicted octanol–water partition coefficient (Wildman–Crippen LogP) is 14.4. The second-order valence-electron chi connectivity index (χ2n) is 16.4. The molecule has 0 saturated heterocycles. The van der Waals surface area contributed by atoms with Crippen molar-refractivity contribution in [2.24, 2.45) is 0 Å². The van der Waals surface area contributed by atoms with E-state index in [4.69, 9.17) is 0 Å². The summed E-state index contributed by atoms with van der Waals surface area (Å²) in [6.07, 6.45) is 0. The van der Waals surface area contributed by atoms with Crippen molar-refractivity contribution in [3.8, 4) is 44.5 Å². The van der Waals surface area contributed by atoms with E-state index >= 15 is 0 Å². The highest BCUT2D eigenvalue weighted by molar-refractivity contribution is 7.04. The number of hydrogen-bond acceptors (Lipinski definition) is 0. The van der Waals surface area contributed by atoms with E-state index in [2.05, 4.69) is 207 Å². The highest BCUT2D eigenvalue weighted by Gasteiger charge is 2.38. The molecule has 0 saturated carbocycles. The zero-order chi connectivity index (χ0) is 37.8. The molecule has 0 radical (unpaired) electrons. The van der Waals surface area contributed by atoms with E-state index in [0.29, 0.717) is 0 Å². The zero-order valence-corrected chi connectivity index (χ0v) is 33.0. The van der Waals surface area contributed by atoms with Gasteiger partial charge in [0.1, 0.15) is 8.07 Å². The van der Waals surface area contributed by atoms with Gasteiger partial charge in [0.15, 0.2) is 0 Å². The molecule has 11 aromatic rings. The van der Waals surface area contributed by atoms with Gasteiger partial charge in [-0.3, -0.25) is 0 Å². The Bertz CT molecular complexity index is 3380. The smallest absolute Gasteiger partial charge is 0.0616 e. The molecule has 0 unspecified atom stereocenters. The van der Waals surface area contributed by atoms with Crippen LogP contribution in [0.2, 0.25) is 13.1 Å². The van der Waals surface area contributed by atoms with Crippen LogP contribution in [0.5, 0.6) is 0 Å². The summed E-state index contributed by atoms with van der Waals surface area (Å²) < 4.78 is 0. The van der Waals surface area contributed by atoms with Crippen molar-refractivity contribution in [2.75, 3.05) is 0 Å². The topological polar surface area (TPSA) is 0 Å². The first-order chi connectivity index (χ1) is 28.0. The van der Waals surface area contributed by atoms with E-state index < -0.39 is 8.07 Å². The molecule has 1 aliphatic heterocycles. The molecule has 1 aliphatic rings. The molecule has 266 valence electrons. The first kappa shape index (κ1) is 32.4. The van der Waals surface area contributed by atoms with Gasteiger partial charge in [0.05, 0.1) is 0 Å². The van der Waals surface area contributed by atoms with E-state index in [9.17, 15) is 0 Å². The molecule has 12 rings (SSSR count). The minimum Gasteiger partial charge on any atom is -0.0616 e. The summed E-state index contributed by atoms with van der Waals surface area (Å²) in [5, 5.41) is 18.5. The molecule has 11 aromatic carbocycles. The van der Waals surface area contributed by atoms with Gasteiger partial charge in [-0.25, -0.2) is 0 Å². The lowest BCUT2D eigenvalue weighted by Gasteiger charge is -2.22. The summed E-state index contributed by atoms with van der Waals surface area (Å²) in [5.74, 6) is 0. The summed E-state index contributed by atoms with van der Waals surface area (Å²) in [7, 11) is -1.88. The molecule has 1 heterocycles. The minimum absolute atomic E-state index is 1.25. The van der Waals surface area contributed by atoms with Crippen molar-refractivity contribution in [3.63, 3.8) is 0 Å². The van der Waals surface area contributed by atoms with Gasteiger partial charge < -0.3 is 0 Å². The molecule has 0 bridgehead atoms. The van der Waals surface area contributed by atoms with Crippen LogP contribution in [0.15, 0.2) is 194 Å². The number of fused-ring (bicyclic) bond motifs is 9. The van der Waals surface area contributed by atoms with Gasteiger partial charge in [-0.1, -0.05) is 189 Å². The van der Waals surface area contributed by atoms with E-state index in [-0.39, 0.29) is 0 Å². The maximum atomic E-state index is 2.52. The molecule has 0 nitrogen and oxygen atoms in total. The third kappa shape index (κ3) is 4.67. The fraction of sp³-hybridized carbons (Fsp3) is 0.0357. The Balaban J connectivity index is 1.16. The Hall–Kier alpha value is -6.80. The maximum Gasteiger partial charge on any atom is 0.113 e. The SMILES string of the molecule is C[Si]1(C)c2ccc(-c3c4ccccc4c(-c4c5ccccc5c(-c5ccc6ccccc6c5)c5ccccc45)c4ccccc34)cc2-c2cc3ccccc3cc21. The average molecular weight is 739 g/mol. The molecule has 0 aromatic heterocycles. The fourth-order valence-corrected chi connectivity index (χ4v) is 13.4. The normalized spacial score (nSPS) is 13.2. The molecule has 57 heavy (non-hydrogen) atoms. The van der Waals surface area contributed by atoms with E-state index in [1.807, 2.05) is 0 Å². The van der Waals surface area contributed by atoms with Crippen LogP contribution in [0.4, 0.5) is 0 Å². The van der Waals surface area contributed by atoms with E-state index in [1.165, 1.54) is 114 Å². The van der Waals surface area contributed by atoms with Gasteiger partial charge in [-0.15, -0.1) is 0 Å². The van der Waals surface area contributed by atoms with Crippen molar-refractivity contribution in [1.29, 1.82) is 0 Å². The van der Waals surface area contributed by atoms with Crippen LogP contribution in [0.1, 0.15) is 0 Å². The second-order valence-corrected chi connectivity index (χ2v) is 20.7. The molecule has 0 N–H and O–H groups in total. The quantitative estimate of drug-likeness (QED) is 0.125. The van der Waals surface area contributed by atoms with Gasteiger partial charge in [-0.05, 0) is 138 Å². The minimum atomic E-state index is -1.88. The van der Waals surface area contributed by atoms with Crippen LogP contribution >= 0.6 is 0 Å².